The number of ether oxygens (including phenoxy) is 1. The van der Waals surface area contributed by atoms with Crippen molar-refractivity contribution in [2.75, 3.05) is 26.7 Å². The Morgan fingerprint density at radius 3 is 2.97 bits per heavy atom. The number of hydrogen-bond acceptors (Lipinski definition) is 5. The smallest absolute Gasteiger partial charge is 0.223 e. The normalized spacial score (nSPS) is 26.7. The molecule has 3 saturated heterocycles. The number of hydrogen-bond donors (Lipinski definition) is 1. The minimum Gasteiger partial charge on any atom is -0.476 e. The molecule has 4 fully saturated rings. The highest BCUT2D eigenvalue weighted by Gasteiger charge is 2.48. The molecule has 1 aromatic carbocycles. The largest absolute Gasteiger partial charge is 0.476 e. The molecule has 0 amide bonds. The average molecular weight is 512 g/mol. The highest BCUT2D eigenvalue weighted by Crippen LogP contribution is 2.47. The van der Waals surface area contributed by atoms with Gasteiger partial charge in [0, 0.05) is 36.6 Å². The lowest BCUT2D eigenvalue weighted by Crippen LogP contribution is -2.38. The van der Waals surface area contributed by atoms with Crippen LogP contribution in [0.4, 0.5) is 4.39 Å². The first-order chi connectivity index (χ1) is 16.1. The molecule has 0 spiro atoms. The first kappa shape index (κ1) is 21.3. The number of rotatable bonds is 6. The summed E-state index contributed by atoms with van der Waals surface area (Å²) in [5.41, 5.74) is 2.11. The summed E-state index contributed by atoms with van der Waals surface area (Å²) in [6.45, 7) is 2.66. The lowest BCUT2D eigenvalue weighted by molar-refractivity contribution is 0.195. The van der Waals surface area contributed by atoms with Crippen LogP contribution >= 0.6 is 15.9 Å². The molecule has 4 unspecified atom stereocenters. The monoisotopic (exact) mass is 511 g/mol. The molecule has 3 aromatic rings. The third-order valence-electron chi connectivity index (χ3n) is 7.88. The van der Waals surface area contributed by atoms with Crippen LogP contribution < -0.4 is 10.1 Å². The maximum absolute atomic E-state index is 15.6. The van der Waals surface area contributed by atoms with Crippen LogP contribution in [0.2, 0.25) is 0 Å². The number of nitriles is 1. The number of nitrogens with zero attached hydrogens (tertiary/aromatic N) is 4. The fourth-order valence-electron chi connectivity index (χ4n) is 5.99. The van der Waals surface area contributed by atoms with Crippen LogP contribution in [0.1, 0.15) is 37.3 Å². The Morgan fingerprint density at radius 2 is 2.27 bits per heavy atom. The van der Waals surface area contributed by atoms with E-state index in [0.717, 1.165) is 41.4 Å². The van der Waals surface area contributed by atoms with E-state index in [0.29, 0.717) is 59.4 Å². The number of likely N-dealkylation sites (tertiary alicyclic amines) is 1. The summed E-state index contributed by atoms with van der Waals surface area (Å²) in [6.07, 6.45) is 6.42. The van der Waals surface area contributed by atoms with Crippen LogP contribution in [0.25, 0.3) is 21.8 Å². The van der Waals surface area contributed by atoms with E-state index in [-0.39, 0.29) is 5.82 Å². The van der Waals surface area contributed by atoms with Gasteiger partial charge in [0.1, 0.15) is 12.1 Å². The highest BCUT2D eigenvalue weighted by molar-refractivity contribution is 9.10. The molecule has 1 aliphatic carbocycles. The van der Waals surface area contributed by atoms with Crippen molar-refractivity contribution in [1.29, 1.82) is 5.26 Å². The number of nitrogens with one attached hydrogen (secondary N) is 1. The molecule has 3 aliphatic heterocycles. The molecule has 1 N–H and O–H groups in total. The minimum atomic E-state index is -0.382. The molecule has 0 radical (unpaired) electrons. The Balaban J connectivity index is 1.51. The predicted octanol–water partition coefficient (Wildman–Crippen LogP) is 4.55. The number of aryl methyl sites for hydroxylation is 1. The third-order valence-corrected chi connectivity index (χ3v) is 8.73. The van der Waals surface area contributed by atoms with Gasteiger partial charge >= 0.3 is 0 Å². The molecule has 172 valence electrons. The third kappa shape index (κ3) is 3.36. The van der Waals surface area contributed by atoms with E-state index in [1.807, 2.05) is 6.07 Å². The zero-order valence-corrected chi connectivity index (χ0v) is 20.2. The van der Waals surface area contributed by atoms with Gasteiger partial charge in [0.05, 0.1) is 27.5 Å². The molecule has 2 bridgehead atoms. The quantitative estimate of drug-likeness (QED) is 0.525. The molecule has 4 atom stereocenters. The summed E-state index contributed by atoms with van der Waals surface area (Å²) in [5, 5.41) is 14.4. The number of fused-ring (bicyclic) bond motifs is 4. The lowest BCUT2D eigenvalue weighted by atomic mass is 9.80. The van der Waals surface area contributed by atoms with Crippen molar-refractivity contribution < 1.29 is 9.13 Å². The summed E-state index contributed by atoms with van der Waals surface area (Å²) in [7, 11) is 2.12. The molecule has 2 aromatic heterocycles. The van der Waals surface area contributed by atoms with E-state index >= 15 is 4.39 Å². The Kier molecular flexibility index (Phi) is 5.32. The molecule has 6 nitrogen and oxygen atoms in total. The SMILES string of the molecule is CN1CCCC1COc1nc2c(F)c(Br)c(CCC#N)cc2c2c1ccn2C1C2CNC1C2. The first-order valence-corrected chi connectivity index (χ1v) is 12.6. The Labute approximate surface area is 200 Å². The maximum Gasteiger partial charge on any atom is 0.223 e. The van der Waals surface area contributed by atoms with E-state index in [4.69, 9.17) is 15.0 Å². The zero-order valence-electron chi connectivity index (χ0n) is 18.7. The second kappa shape index (κ2) is 8.23. The van der Waals surface area contributed by atoms with Crippen molar-refractivity contribution >= 4 is 37.7 Å². The van der Waals surface area contributed by atoms with Crippen LogP contribution in [0.5, 0.6) is 5.88 Å². The van der Waals surface area contributed by atoms with Gasteiger partial charge in [-0.3, -0.25) is 0 Å². The van der Waals surface area contributed by atoms with Crippen LogP contribution in [-0.2, 0) is 6.42 Å². The summed E-state index contributed by atoms with van der Waals surface area (Å²) in [4.78, 5) is 7.02. The number of likely N-dealkylation sites (N-methyl/N-ethyl adjacent to an activating group) is 1. The summed E-state index contributed by atoms with van der Waals surface area (Å²) >= 11 is 3.42. The standard InChI is InChI=1S/C25H27BrFN5O/c1-31-8-3-5-16(31)13-33-25-17-6-9-32(23-15-11-19(23)29-12-15)24(17)18-10-14(4-2-7-28)20(26)21(27)22(18)30-25/h6,9-10,15-16,19,23,29H,2-5,8,11-13H2,1H3. The van der Waals surface area contributed by atoms with Crippen molar-refractivity contribution in [3.63, 3.8) is 0 Å². The number of aromatic nitrogens is 2. The maximum atomic E-state index is 15.6. The van der Waals surface area contributed by atoms with Gasteiger partial charge in [-0.05, 0) is 78.8 Å². The summed E-state index contributed by atoms with van der Waals surface area (Å²) in [6, 6.07) is 7.44. The van der Waals surface area contributed by atoms with Gasteiger partial charge in [0.25, 0.3) is 0 Å². The molecule has 5 heterocycles. The van der Waals surface area contributed by atoms with E-state index in [2.05, 4.69) is 56.1 Å². The predicted molar refractivity (Wildman–Crippen MR) is 129 cm³/mol. The van der Waals surface area contributed by atoms with Gasteiger partial charge in [-0.25, -0.2) is 9.37 Å². The number of halogens is 2. The average Bonchev–Trinajstić information content (AvgIpc) is 3.59. The minimum absolute atomic E-state index is 0.324. The van der Waals surface area contributed by atoms with Gasteiger partial charge in [-0.2, -0.15) is 5.26 Å². The number of benzene rings is 1. The Bertz CT molecular complexity index is 1270. The topological polar surface area (TPSA) is 66.1 Å². The van der Waals surface area contributed by atoms with Crippen molar-refractivity contribution in [1.82, 2.24) is 19.8 Å². The first-order valence-electron chi connectivity index (χ1n) is 11.8. The van der Waals surface area contributed by atoms with Gasteiger partial charge in [0.2, 0.25) is 5.88 Å². The van der Waals surface area contributed by atoms with Gasteiger partial charge in [-0.1, -0.05) is 0 Å². The number of pyridine rings is 1. The van der Waals surface area contributed by atoms with Crippen molar-refractivity contribution in [2.24, 2.45) is 5.92 Å². The second-order valence-electron chi connectivity index (χ2n) is 9.71. The van der Waals surface area contributed by atoms with E-state index < -0.39 is 0 Å². The van der Waals surface area contributed by atoms with Gasteiger partial charge in [-0.15, -0.1) is 0 Å². The second-order valence-corrected chi connectivity index (χ2v) is 10.5. The highest BCUT2D eigenvalue weighted by atomic mass is 79.9. The van der Waals surface area contributed by atoms with Crippen LogP contribution in [0.3, 0.4) is 0 Å². The molecule has 7 rings (SSSR count). The molecular formula is C25H27BrFN5O. The Hall–Kier alpha value is -2.21. The van der Waals surface area contributed by atoms with Crippen LogP contribution in [0, 0.1) is 23.1 Å². The Morgan fingerprint density at radius 1 is 1.39 bits per heavy atom. The van der Waals surface area contributed by atoms with Crippen molar-refractivity contribution in [3.05, 3.63) is 34.2 Å². The van der Waals surface area contributed by atoms with Crippen LogP contribution in [-0.4, -0.2) is 53.3 Å². The molecule has 8 heteroatoms. The fourth-order valence-corrected chi connectivity index (χ4v) is 6.49. The fraction of sp³-hybridized carbons (Fsp3) is 0.520. The summed E-state index contributed by atoms with van der Waals surface area (Å²) in [5.74, 6) is 0.725. The molecular weight excluding hydrogens is 485 g/mol. The van der Waals surface area contributed by atoms with E-state index in [1.165, 1.54) is 12.8 Å². The van der Waals surface area contributed by atoms with E-state index in [9.17, 15) is 0 Å². The molecule has 33 heavy (non-hydrogen) atoms. The molecule has 4 aliphatic rings. The van der Waals surface area contributed by atoms with E-state index in [1.54, 1.807) is 0 Å². The lowest BCUT2D eigenvalue weighted by Gasteiger charge is -2.36. The van der Waals surface area contributed by atoms with Gasteiger partial charge in [0.15, 0.2) is 5.82 Å². The van der Waals surface area contributed by atoms with Crippen LogP contribution in [0.15, 0.2) is 22.8 Å². The zero-order chi connectivity index (χ0) is 22.7. The van der Waals surface area contributed by atoms with Crippen molar-refractivity contribution in [2.45, 2.75) is 50.2 Å². The molecule has 1 saturated carbocycles. The van der Waals surface area contributed by atoms with Crippen molar-refractivity contribution in [3.8, 4) is 11.9 Å². The summed E-state index contributed by atoms with van der Waals surface area (Å²) < 4.78 is 24.6. The van der Waals surface area contributed by atoms with Gasteiger partial charge < -0.3 is 19.5 Å².